The number of methoxy groups -OCH3 is 1. The van der Waals surface area contributed by atoms with E-state index in [1.54, 1.807) is 25.4 Å². The Hall–Kier alpha value is -1.58. The van der Waals surface area contributed by atoms with Crippen LogP contribution in [0, 0.1) is 13.8 Å². The normalized spacial score (nSPS) is 12.2. The molecule has 2 aromatic rings. The van der Waals surface area contributed by atoms with Crippen molar-refractivity contribution in [2.75, 3.05) is 7.11 Å². The van der Waals surface area contributed by atoms with Gasteiger partial charge in [-0.25, -0.2) is 0 Å². The van der Waals surface area contributed by atoms with Gasteiger partial charge in [-0.15, -0.1) is 0 Å². The van der Waals surface area contributed by atoms with Crippen LogP contribution >= 0.6 is 11.6 Å². The summed E-state index contributed by atoms with van der Waals surface area (Å²) < 4.78 is 5.30. The number of benzene rings is 1. The summed E-state index contributed by atoms with van der Waals surface area (Å²) in [7, 11) is 1.61. The van der Waals surface area contributed by atoms with Crippen molar-refractivity contribution < 1.29 is 9.84 Å². The van der Waals surface area contributed by atoms with Crippen LogP contribution < -0.4 is 4.74 Å². The molecule has 0 fully saturated rings. The van der Waals surface area contributed by atoms with E-state index in [1.807, 2.05) is 26.0 Å². The number of halogens is 1. The molecule has 1 heterocycles. The summed E-state index contributed by atoms with van der Waals surface area (Å²) in [4.78, 5) is 4.33. The topological polar surface area (TPSA) is 42.4 Å². The van der Waals surface area contributed by atoms with Gasteiger partial charge in [-0.1, -0.05) is 17.7 Å². The summed E-state index contributed by atoms with van der Waals surface area (Å²) in [6, 6.07) is 7.40. The first-order chi connectivity index (χ1) is 9.51. The second-order valence-electron chi connectivity index (χ2n) is 4.89. The molecule has 106 valence electrons. The quantitative estimate of drug-likeness (QED) is 0.935. The molecule has 1 atom stereocenters. The van der Waals surface area contributed by atoms with Crippen LogP contribution in [0.1, 0.15) is 28.5 Å². The first-order valence-electron chi connectivity index (χ1n) is 6.45. The van der Waals surface area contributed by atoms with Crippen LogP contribution in [0.4, 0.5) is 0 Å². The van der Waals surface area contributed by atoms with Gasteiger partial charge in [0.2, 0.25) is 0 Å². The van der Waals surface area contributed by atoms with Gasteiger partial charge < -0.3 is 9.84 Å². The van der Waals surface area contributed by atoms with Crippen molar-refractivity contribution in [3.8, 4) is 5.75 Å². The third kappa shape index (κ3) is 3.30. The third-order valence-corrected chi connectivity index (χ3v) is 3.46. The highest BCUT2D eigenvalue weighted by Crippen LogP contribution is 2.28. The number of aryl methyl sites for hydroxylation is 2. The van der Waals surface area contributed by atoms with Crippen molar-refractivity contribution in [1.29, 1.82) is 0 Å². The molecular formula is C16H18ClNO2. The minimum atomic E-state index is -0.678. The van der Waals surface area contributed by atoms with Crippen LogP contribution in [0.25, 0.3) is 0 Å². The summed E-state index contributed by atoms with van der Waals surface area (Å²) in [5, 5.41) is 11.0. The Balaban J connectivity index is 2.27. The van der Waals surface area contributed by atoms with Crippen LogP contribution in [0.3, 0.4) is 0 Å². The number of pyridine rings is 1. The maximum Gasteiger partial charge on any atom is 0.122 e. The lowest BCUT2D eigenvalue weighted by atomic mass is 10.0. The van der Waals surface area contributed by atoms with Crippen molar-refractivity contribution in [3.63, 3.8) is 0 Å². The van der Waals surface area contributed by atoms with Crippen molar-refractivity contribution >= 4 is 11.6 Å². The number of rotatable bonds is 4. The largest absolute Gasteiger partial charge is 0.496 e. The number of hydrogen-bond acceptors (Lipinski definition) is 3. The Labute approximate surface area is 124 Å². The lowest BCUT2D eigenvalue weighted by Gasteiger charge is -2.15. The zero-order valence-electron chi connectivity index (χ0n) is 11.9. The van der Waals surface area contributed by atoms with Gasteiger partial charge in [0.25, 0.3) is 0 Å². The van der Waals surface area contributed by atoms with Crippen molar-refractivity contribution in [2.45, 2.75) is 26.4 Å². The van der Waals surface area contributed by atoms with E-state index in [1.165, 1.54) is 0 Å². The van der Waals surface area contributed by atoms with Gasteiger partial charge in [-0.05, 0) is 48.7 Å². The van der Waals surface area contributed by atoms with E-state index in [-0.39, 0.29) is 0 Å². The van der Waals surface area contributed by atoms with Gasteiger partial charge in [0.1, 0.15) is 11.9 Å². The molecule has 0 radical (unpaired) electrons. The van der Waals surface area contributed by atoms with Gasteiger partial charge >= 0.3 is 0 Å². The first-order valence-corrected chi connectivity index (χ1v) is 6.82. The predicted molar refractivity (Wildman–Crippen MR) is 80.4 cm³/mol. The highest BCUT2D eigenvalue weighted by Gasteiger charge is 2.15. The Kier molecular flexibility index (Phi) is 4.63. The number of aliphatic hydroxyl groups is 1. The third-order valence-electron chi connectivity index (χ3n) is 3.23. The average Bonchev–Trinajstić information content (AvgIpc) is 2.38. The number of aromatic nitrogens is 1. The highest BCUT2D eigenvalue weighted by molar-refractivity contribution is 6.30. The Morgan fingerprint density at radius 3 is 2.70 bits per heavy atom. The number of nitrogens with zero attached hydrogens (tertiary/aromatic N) is 1. The number of aliphatic hydroxyl groups excluding tert-OH is 1. The standard InChI is InChI=1S/C16H18ClNO2/c1-10-6-11(2)16(18-9-10)14(19)8-12-7-13(17)4-5-15(12)20-3/h4-7,9,14,19H,8H2,1-3H3. The number of ether oxygens (including phenoxy) is 1. The fourth-order valence-corrected chi connectivity index (χ4v) is 2.48. The molecule has 4 heteroatoms. The van der Waals surface area contributed by atoms with E-state index in [9.17, 15) is 5.11 Å². The minimum absolute atomic E-state index is 0.417. The molecule has 2 rings (SSSR count). The van der Waals surface area contributed by atoms with E-state index in [4.69, 9.17) is 16.3 Å². The molecule has 0 spiro atoms. The van der Waals surface area contributed by atoms with Gasteiger partial charge in [0.15, 0.2) is 0 Å². The summed E-state index contributed by atoms with van der Waals surface area (Å²) in [5.74, 6) is 0.721. The van der Waals surface area contributed by atoms with Gasteiger partial charge in [0.05, 0.1) is 12.8 Å². The molecule has 0 aliphatic carbocycles. The Bertz CT molecular complexity index is 613. The molecule has 0 amide bonds. The molecular weight excluding hydrogens is 274 g/mol. The first kappa shape index (κ1) is 14.8. The highest BCUT2D eigenvalue weighted by atomic mass is 35.5. The average molecular weight is 292 g/mol. The van der Waals surface area contributed by atoms with Gasteiger partial charge in [0, 0.05) is 17.6 Å². The maximum atomic E-state index is 10.4. The van der Waals surface area contributed by atoms with Crippen LogP contribution in [0.5, 0.6) is 5.75 Å². The molecule has 3 nitrogen and oxygen atoms in total. The molecule has 0 saturated heterocycles. The van der Waals surface area contributed by atoms with Crippen molar-refractivity contribution in [1.82, 2.24) is 4.98 Å². The molecule has 1 unspecified atom stereocenters. The fraction of sp³-hybridized carbons (Fsp3) is 0.312. The summed E-state index contributed by atoms with van der Waals surface area (Å²) in [5.41, 5.74) is 3.63. The minimum Gasteiger partial charge on any atom is -0.496 e. The lowest BCUT2D eigenvalue weighted by molar-refractivity contribution is 0.171. The molecule has 1 N–H and O–H groups in total. The second-order valence-corrected chi connectivity index (χ2v) is 5.33. The van der Waals surface area contributed by atoms with Gasteiger partial charge in [-0.2, -0.15) is 0 Å². The van der Waals surface area contributed by atoms with Crippen LogP contribution in [0.2, 0.25) is 5.02 Å². The van der Waals surface area contributed by atoms with Crippen LogP contribution in [0.15, 0.2) is 30.5 Å². The Morgan fingerprint density at radius 1 is 1.30 bits per heavy atom. The second kappa shape index (κ2) is 6.25. The smallest absolute Gasteiger partial charge is 0.122 e. The fourth-order valence-electron chi connectivity index (χ4n) is 2.29. The molecule has 0 bridgehead atoms. The van der Waals surface area contributed by atoms with E-state index < -0.39 is 6.10 Å². The van der Waals surface area contributed by atoms with Crippen LogP contribution in [-0.4, -0.2) is 17.2 Å². The Morgan fingerprint density at radius 2 is 2.05 bits per heavy atom. The van der Waals surface area contributed by atoms with Crippen LogP contribution in [-0.2, 0) is 6.42 Å². The molecule has 0 aliphatic heterocycles. The van der Waals surface area contributed by atoms with Crippen molar-refractivity contribution in [2.24, 2.45) is 0 Å². The molecule has 1 aromatic heterocycles. The SMILES string of the molecule is COc1ccc(Cl)cc1CC(O)c1ncc(C)cc1C. The number of hydrogen-bond donors (Lipinski definition) is 1. The van der Waals surface area contributed by atoms with E-state index in [0.29, 0.717) is 17.1 Å². The molecule has 20 heavy (non-hydrogen) atoms. The maximum absolute atomic E-state index is 10.4. The van der Waals surface area contributed by atoms with E-state index in [2.05, 4.69) is 4.98 Å². The molecule has 1 aromatic carbocycles. The summed E-state index contributed by atoms with van der Waals surface area (Å²) >= 11 is 6.00. The monoisotopic (exact) mass is 291 g/mol. The van der Waals surface area contributed by atoms with E-state index >= 15 is 0 Å². The summed E-state index contributed by atoms with van der Waals surface area (Å²) in [6.45, 7) is 3.93. The molecule has 0 saturated carbocycles. The van der Waals surface area contributed by atoms with Crippen molar-refractivity contribution in [3.05, 3.63) is 57.9 Å². The van der Waals surface area contributed by atoms with E-state index in [0.717, 1.165) is 22.4 Å². The zero-order valence-corrected chi connectivity index (χ0v) is 12.6. The zero-order chi connectivity index (χ0) is 14.7. The van der Waals surface area contributed by atoms with Gasteiger partial charge in [-0.3, -0.25) is 4.98 Å². The predicted octanol–water partition coefficient (Wildman–Crippen LogP) is 3.64. The summed E-state index contributed by atoms with van der Waals surface area (Å²) in [6.07, 6.45) is 1.50. The molecule has 0 aliphatic rings. The lowest BCUT2D eigenvalue weighted by Crippen LogP contribution is -2.07.